The normalized spacial score (nSPS) is 15.2. The minimum atomic E-state index is 0. The van der Waals surface area contributed by atoms with E-state index in [9.17, 15) is 0 Å². The SMILES string of the molecule is COc1cc2ccc(CCN3CCOCC3)cc2cc1OC.Cl. The van der Waals surface area contributed by atoms with Crippen LogP contribution in [-0.2, 0) is 11.2 Å². The van der Waals surface area contributed by atoms with Gasteiger partial charge < -0.3 is 14.2 Å². The molecule has 0 unspecified atom stereocenters. The van der Waals surface area contributed by atoms with Crippen LogP contribution in [0, 0.1) is 0 Å². The Morgan fingerprint density at radius 2 is 1.61 bits per heavy atom. The maximum absolute atomic E-state index is 5.39. The molecule has 1 aliphatic rings. The summed E-state index contributed by atoms with van der Waals surface area (Å²) >= 11 is 0. The van der Waals surface area contributed by atoms with Gasteiger partial charge in [0.15, 0.2) is 11.5 Å². The Kier molecular flexibility index (Phi) is 6.51. The number of nitrogens with zero attached hydrogens (tertiary/aromatic N) is 1. The number of methoxy groups -OCH3 is 2. The molecular weight excluding hydrogens is 314 g/mol. The molecule has 2 aromatic carbocycles. The first-order chi connectivity index (χ1) is 10.8. The molecule has 1 aliphatic heterocycles. The van der Waals surface area contributed by atoms with Gasteiger partial charge in [-0.3, -0.25) is 4.90 Å². The van der Waals surface area contributed by atoms with Gasteiger partial charge in [-0.15, -0.1) is 12.4 Å². The molecule has 0 N–H and O–H groups in total. The van der Waals surface area contributed by atoms with Gasteiger partial charge in [0.2, 0.25) is 0 Å². The second-order valence-corrected chi connectivity index (χ2v) is 5.59. The Labute approximate surface area is 143 Å². The van der Waals surface area contributed by atoms with Crippen molar-refractivity contribution in [3.8, 4) is 11.5 Å². The number of morpholine rings is 1. The Morgan fingerprint density at radius 1 is 0.957 bits per heavy atom. The predicted octanol–water partition coefficient (Wildman–Crippen LogP) is 3.15. The van der Waals surface area contributed by atoms with Gasteiger partial charge in [-0.2, -0.15) is 0 Å². The second kappa shape index (κ2) is 8.39. The van der Waals surface area contributed by atoms with Crippen molar-refractivity contribution in [1.82, 2.24) is 4.90 Å². The molecular formula is C18H24ClNO3. The Morgan fingerprint density at radius 3 is 2.26 bits per heavy atom. The molecule has 5 heteroatoms. The Hall–Kier alpha value is -1.49. The third-order valence-corrected chi connectivity index (χ3v) is 4.23. The average molecular weight is 338 g/mol. The van der Waals surface area contributed by atoms with Crippen LogP contribution in [0.3, 0.4) is 0 Å². The van der Waals surface area contributed by atoms with Crippen LogP contribution in [0.15, 0.2) is 30.3 Å². The van der Waals surface area contributed by atoms with Gasteiger partial charge in [-0.05, 0) is 34.9 Å². The fraction of sp³-hybridized carbons (Fsp3) is 0.444. The first kappa shape index (κ1) is 17.9. The third kappa shape index (κ3) is 4.28. The summed E-state index contributed by atoms with van der Waals surface area (Å²) in [6.07, 6.45) is 1.06. The molecule has 0 atom stereocenters. The van der Waals surface area contributed by atoms with Crippen molar-refractivity contribution in [2.45, 2.75) is 6.42 Å². The highest BCUT2D eigenvalue weighted by Gasteiger charge is 2.10. The van der Waals surface area contributed by atoms with Crippen LogP contribution in [0.4, 0.5) is 0 Å². The summed E-state index contributed by atoms with van der Waals surface area (Å²) in [6, 6.07) is 10.7. The molecule has 3 rings (SSSR count). The molecule has 0 aromatic heterocycles. The number of halogens is 1. The van der Waals surface area contributed by atoms with Gasteiger partial charge in [-0.25, -0.2) is 0 Å². The van der Waals surface area contributed by atoms with Gasteiger partial charge in [0.1, 0.15) is 0 Å². The van der Waals surface area contributed by atoms with Crippen molar-refractivity contribution >= 4 is 23.2 Å². The lowest BCUT2D eigenvalue weighted by Crippen LogP contribution is -2.37. The van der Waals surface area contributed by atoms with Crippen LogP contribution in [0.5, 0.6) is 11.5 Å². The van der Waals surface area contributed by atoms with Crippen molar-refractivity contribution in [3.63, 3.8) is 0 Å². The summed E-state index contributed by atoms with van der Waals surface area (Å²) in [5, 5.41) is 2.37. The van der Waals surface area contributed by atoms with Crippen molar-refractivity contribution in [2.75, 3.05) is 47.1 Å². The average Bonchev–Trinajstić information content (AvgIpc) is 2.59. The molecule has 0 bridgehead atoms. The molecule has 0 radical (unpaired) electrons. The summed E-state index contributed by atoms with van der Waals surface area (Å²) in [7, 11) is 3.34. The van der Waals surface area contributed by atoms with Crippen LogP contribution >= 0.6 is 12.4 Å². The maximum atomic E-state index is 5.39. The third-order valence-electron chi connectivity index (χ3n) is 4.23. The monoisotopic (exact) mass is 337 g/mol. The van der Waals surface area contributed by atoms with E-state index in [-0.39, 0.29) is 12.4 Å². The number of rotatable bonds is 5. The largest absolute Gasteiger partial charge is 0.493 e. The standard InChI is InChI=1S/C18H23NO3.ClH/c1-20-17-12-15-4-3-14(11-16(15)13-18(17)21-2)5-6-19-7-9-22-10-8-19;/h3-4,11-13H,5-10H2,1-2H3;1H. The number of fused-ring (bicyclic) bond motifs is 1. The molecule has 0 spiro atoms. The first-order valence-electron chi connectivity index (χ1n) is 7.75. The van der Waals surface area contributed by atoms with E-state index in [0.29, 0.717) is 0 Å². The predicted molar refractivity (Wildman–Crippen MR) is 95.3 cm³/mol. The number of benzene rings is 2. The minimum Gasteiger partial charge on any atom is -0.493 e. The zero-order chi connectivity index (χ0) is 15.4. The summed E-state index contributed by atoms with van der Waals surface area (Å²) in [5.74, 6) is 1.55. The quantitative estimate of drug-likeness (QED) is 0.838. The van der Waals surface area contributed by atoms with Gasteiger partial charge >= 0.3 is 0 Å². The molecule has 126 valence electrons. The van der Waals surface area contributed by atoms with Crippen LogP contribution in [0.1, 0.15) is 5.56 Å². The van der Waals surface area contributed by atoms with E-state index < -0.39 is 0 Å². The Bertz CT molecular complexity index is 641. The Balaban J connectivity index is 0.00000192. The first-order valence-corrected chi connectivity index (χ1v) is 7.75. The number of hydrogen-bond donors (Lipinski definition) is 0. The van der Waals surface area contributed by atoms with Gasteiger partial charge in [0.05, 0.1) is 27.4 Å². The van der Waals surface area contributed by atoms with Crippen LogP contribution < -0.4 is 9.47 Å². The lowest BCUT2D eigenvalue weighted by molar-refractivity contribution is 0.0384. The van der Waals surface area contributed by atoms with E-state index in [1.807, 2.05) is 12.1 Å². The fourth-order valence-corrected chi connectivity index (χ4v) is 2.89. The smallest absolute Gasteiger partial charge is 0.161 e. The summed E-state index contributed by atoms with van der Waals surface area (Å²) in [4.78, 5) is 2.46. The number of hydrogen-bond acceptors (Lipinski definition) is 4. The lowest BCUT2D eigenvalue weighted by atomic mass is 10.0. The van der Waals surface area contributed by atoms with E-state index in [2.05, 4.69) is 23.1 Å². The van der Waals surface area contributed by atoms with Gasteiger partial charge in [0.25, 0.3) is 0 Å². The van der Waals surface area contributed by atoms with E-state index in [1.54, 1.807) is 14.2 Å². The molecule has 1 fully saturated rings. The van der Waals surface area contributed by atoms with Crippen molar-refractivity contribution in [1.29, 1.82) is 0 Å². The zero-order valence-electron chi connectivity index (χ0n) is 13.7. The molecule has 1 saturated heterocycles. The molecule has 4 nitrogen and oxygen atoms in total. The van der Waals surface area contributed by atoms with E-state index >= 15 is 0 Å². The molecule has 2 aromatic rings. The van der Waals surface area contributed by atoms with Crippen LogP contribution in [0.25, 0.3) is 10.8 Å². The van der Waals surface area contributed by atoms with Crippen molar-refractivity contribution < 1.29 is 14.2 Å². The maximum Gasteiger partial charge on any atom is 0.161 e. The van der Waals surface area contributed by atoms with Gasteiger partial charge in [0, 0.05) is 19.6 Å². The topological polar surface area (TPSA) is 30.9 Å². The zero-order valence-corrected chi connectivity index (χ0v) is 14.5. The molecule has 0 saturated carbocycles. The van der Waals surface area contributed by atoms with Crippen LogP contribution in [-0.4, -0.2) is 52.0 Å². The summed E-state index contributed by atoms with van der Waals surface area (Å²) < 4.78 is 16.1. The van der Waals surface area contributed by atoms with E-state index in [0.717, 1.165) is 50.8 Å². The number of ether oxygens (including phenoxy) is 3. The highest BCUT2D eigenvalue weighted by Crippen LogP contribution is 2.32. The van der Waals surface area contributed by atoms with Gasteiger partial charge in [-0.1, -0.05) is 18.2 Å². The highest BCUT2D eigenvalue weighted by atomic mass is 35.5. The van der Waals surface area contributed by atoms with Crippen LogP contribution in [0.2, 0.25) is 0 Å². The lowest BCUT2D eigenvalue weighted by Gasteiger charge is -2.26. The molecule has 0 amide bonds. The highest BCUT2D eigenvalue weighted by molar-refractivity contribution is 5.86. The second-order valence-electron chi connectivity index (χ2n) is 5.59. The summed E-state index contributed by atoms with van der Waals surface area (Å²) in [5.41, 5.74) is 1.35. The van der Waals surface area contributed by atoms with Crippen molar-refractivity contribution in [2.24, 2.45) is 0 Å². The minimum absolute atomic E-state index is 0. The van der Waals surface area contributed by atoms with E-state index in [4.69, 9.17) is 14.2 Å². The van der Waals surface area contributed by atoms with Crippen molar-refractivity contribution in [3.05, 3.63) is 35.9 Å². The summed E-state index contributed by atoms with van der Waals surface area (Å²) in [6.45, 7) is 4.88. The molecule has 0 aliphatic carbocycles. The molecule has 23 heavy (non-hydrogen) atoms. The molecule has 1 heterocycles. The fourth-order valence-electron chi connectivity index (χ4n) is 2.89. The van der Waals surface area contributed by atoms with E-state index in [1.165, 1.54) is 16.3 Å².